The monoisotopic (exact) mass is 506 g/mol. The molecule has 2 atom stereocenters. The topological polar surface area (TPSA) is 106 Å². The minimum absolute atomic E-state index is 0.0966. The maximum atomic E-state index is 13.2. The summed E-state index contributed by atoms with van der Waals surface area (Å²) >= 11 is 0. The van der Waals surface area contributed by atoms with Crippen molar-refractivity contribution in [2.24, 2.45) is 18.9 Å². The Morgan fingerprint density at radius 3 is 2.21 bits per heavy atom. The fourth-order valence-corrected chi connectivity index (χ4v) is 5.73. The van der Waals surface area contributed by atoms with E-state index in [0.717, 1.165) is 46.5 Å². The van der Waals surface area contributed by atoms with E-state index in [0.29, 0.717) is 34.5 Å². The SMILES string of the molecule is C=C(C)C(=O)Nc1ccc(-c2c(-c3ccc(C(=O)N4CC5CCC5C4)cc3)c3c(N)ncnc3n2C)cc1. The van der Waals surface area contributed by atoms with Gasteiger partial charge >= 0.3 is 0 Å². The van der Waals surface area contributed by atoms with Crippen molar-refractivity contribution in [1.82, 2.24) is 19.4 Å². The molecular weight excluding hydrogens is 476 g/mol. The Balaban J connectivity index is 1.39. The number of carbonyl (C=O) groups is 2. The number of amides is 2. The van der Waals surface area contributed by atoms with Gasteiger partial charge in [0.1, 0.15) is 17.8 Å². The minimum atomic E-state index is -0.220. The van der Waals surface area contributed by atoms with Gasteiger partial charge in [0.05, 0.1) is 11.1 Å². The van der Waals surface area contributed by atoms with E-state index in [1.165, 1.54) is 19.2 Å². The standard InChI is InChI=1S/C30H30N6O2/c1-17(2)29(37)34-23-12-10-19(11-13-23)26-24(25-27(31)32-16-33-28(25)35(26)3)18-4-6-20(7-5-18)30(38)36-14-21-8-9-22(21)15-36/h4-7,10-13,16,21-22H,1,8-9,14-15H2,2-3H3,(H,34,37)(H2,31,32,33). The largest absolute Gasteiger partial charge is 0.383 e. The van der Waals surface area contributed by atoms with Gasteiger partial charge < -0.3 is 20.5 Å². The number of benzene rings is 2. The summed E-state index contributed by atoms with van der Waals surface area (Å²) in [5.74, 6) is 1.63. The first-order chi connectivity index (χ1) is 18.3. The quantitative estimate of drug-likeness (QED) is 0.375. The molecule has 6 rings (SSSR count). The highest BCUT2D eigenvalue weighted by Crippen LogP contribution is 2.43. The predicted octanol–water partition coefficient (Wildman–Crippen LogP) is 4.88. The zero-order valence-electron chi connectivity index (χ0n) is 21.6. The third kappa shape index (κ3) is 3.93. The Morgan fingerprint density at radius 2 is 1.61 bits per heavy atom. The molecule has 1 aliphatic carbocycles. The summed E-state index contributed by atoms with van der Waals surface area (Å²) in [6.45, 7) is 7.10. The Hall–Kier alpha value is -4.46. The van der Waals surface area contributed by atoms with Gasteiger partial charge in [-0.25, -0.2) is 9.97 Å². The third-order valence-corrected chi connectivity index (χ3v) is 7.99. The summed E-state index contributed by atoms with van der Waals surface area (Å²) in [6, 6.07) is 15.4. The molecule has 4 aromatic rings. The number of aromatic nitrogens is 3. The normalized spacial score (nSPS) is 18.2. The fraction of sp³-hybridized carbons (Fsp3) is 0.267. The number of rotatable bonds is 5. The van der Waals surface area contributed by atoms with E-state index in [2.05, 4.69) is 21.9 Å². The third-order valence-electron chi connectivity index (χ3n) is 7.99. The van der Waals surface area contributed by atoms with Crippen molar-refractivity contribution >= 4 is 34.4 Å². The second-order valence-electron chi connectivity index (χ2n) is 10.4. The van der Waals surface area contributed by atoms with Gasteiger partial charge in [0.15, 0.2) is 0 Å². The number of nitrogens with zero attached hydrogens (tertiary/aromatic N) is 4. The molecule has 192 valence electrons. The summed E-state index contributed by atoms with van der Waals surface area (Å²) in [4.78, 5) is 36.0. The number of nitrogens with one attached hydrogen (secondary N) is 1. The molecule has 0 radical (unpaired) electrons. The number of nitrogens with two attached hydrogens (primary N) is 1. The van der Waals surface area contributed by atoms with Crippen molar-refractivity contribution in [3.05, 3.63) is 72.6 Å². The molecule has 0 spiro atoms. The van der Waals surface area contributed by atoms with Crippen LogP contribution in [0.2, 0.25) is 0 Å². The Kier molecular flexibility index (Phi) is 5.75. The zero-order valence-corrected chi connectivity index (χ0v) is 21.6. The van der Waals surface area contributed by atoms with E-state index >= 15 is 0 Å². The Bertz CT molecular complexity index is 1570. The van der Waals surface area contributed by atoms with Gasteiger partial charge in [0, 0.05) is 42.5 Å². The van der Waals surface area contributed by atoms with E-state index in [1.807, 2.05) is 65.0 Å². The summed E-state index contributed by atoms with van der Waals surface area (Å²) in [5, 5.41) is 3.61. The highest BCUT2D eigenvalue weighted by molar-refractivity contribution is 6.08. The lowest BCUT2D eigenvalue weighted by molar-refractivity contribution is -0.112. The summed E-state index contributed by atoms with van der Waals surface area (Å²) in [7, 11) is 1.95. The van der Waals surface area contributed by atoms with Gasteiger partial charge in [0.2, 0.25) is 0 Å². The molecule has 2 amide bonds. The van der Waals surface area contributed by atoms with E-state index in [9.17, 15) is 9.59 Å². The van der Waals surface area contributed by atoms with Crippen molar-refractivity contribution in [2.45, 2.75) is 19.8 Å². The zero-order chi connectivity index (χ0) is 26.6. The van der Waals surface area contributed by atoms with Gasteiger partial charge in [0.25, 0.3) is 11.8 Å². The van der Waals surface area contributed by atoms with Crippen LogP contribution in [0.25, 0.3) is 33.4 Å². The number of fused-ring (bicyclic) bond motifs is 2. The van der Waals surface area contributed by atoms with Gasteiger partial charge in [-0.1, -0.05) is 30.8 Å². The summed E-state index contributed by atoms with van der Waals surface area (Å²) in [5.41, 5.74) is 12.6. The van der Waals surface area contributed by atoms with Crippen LogP contribution in [0.3, 0.4) is 0 Å². The molecule has 1 saturated heterocycles. The van der Waals surface area contributed by atoms with E-state index in [-0.39, 0.29) is 11.8 Å². The summed E-state index contributed by atoms with van der Waals surface area (Å²) in [6.07, 6.45) is 3.94. The van der Waals surface area contributed by atoms with Crippen LogP contribution in [0, 0.1) is 11.8 Å². The average molecular weight is 507 g/mol. The second kappa shape index (κ2) is 9.13. The van der Waals surface area contributed by atoms with Gasteiger partial charge in [-0.3, -0.25) is 9.59 Å². The van der Waals surface area contributed by atoms with E-state index in [1.54, 1.807) is 6.92 Å². The van der Waals surface area contributed by atoms with Gasteiger partial charge in [-0.05, 0) is 67.0 Å². The lowest BCUT2D eigenvalue weighted by atomic mass is 9.77. The van der Waals surface area contributed by atoms with Crippen molar-refractivity contribution in [3.63, 3.8) is 0 Å². The Morgan fingerprint density at radius 1 is 0.974 bits per heavy atom. The Labute approximate surface area is 221 Å². The molecular formula is C30H30N6O2. The van der Waals surface area contributed by atoms with Crippen LogP contribution >= 0.6 is 0 Å². The smallest absolute Gasteiger partial charge is 0.253 e. The van der Waals surface area contributed by atoms with Crippen molar-refractivity contribution in [2.75, 3.05) is 24.1 Å². The minimum Gasteiger partial charge on any atom is -0.383 e. The lowest BCUT2D eigenvalue weighted by Gasteiger charge is -2.27. The molecule has 2 fully saturated rings. The number of aryl methyl sites for hydroxylation is 1. The molecule has 3 N–H and O–H groups in total. The van der Waals surface area contributed by atoms with Crippen LogP contribution in [0.5, 0.6) is 0 Å². The van der Waals surface area contributed by atoms with Crippen molar-refractivity contribution < 1.29 is 9.59 Å². The van der Waals surface area contributed by atoms with Crippen LogP contribution < -0.4 is 11.1 Å². The average Bonchev–Trinajstić information content (AvgIpc) is 3.38. The molecule has 38 heavy (non-hydrogen) atoms. The molecule has 3 heterocycles. The molecule has 1 aliphatic heterocycles. The highest BCUT2D eigenvalue weighted by atomic mass is 16.2. The van der Waals surface area contributed by atoms with Crippen LogP contribution in [0.15, 0.2) is 67.0 Å². The number of hydrogen-bond donors (Lipinski definition) is 2. The number of likely N-dealkylation sites (tertiary alicyclic amines) is 1. The summed E-state index contributed by atoms with van der Waals surface area (Å²) < 4.78 is 2.00. The molecule has 2 aromatic carbocycles. The first kappa shape index (κ1) is 23.9. The fourth-order valence-electron chi connectivity index (χ4n) is 5.73. The molecule has 2 unspecified atom stereocenters. The molecule has 2 aromatic heterocycles. The van der Waals surface area contributed by atoms with Crippen LogP contribution in [-0.4, -0.2) is 44.3 Å². The number of anilines is 2. The maximum Gasteiger partial charge on any atom is 0.253 e. The predicted molar refractivity (Wildman–Crippen MR) is 149 cm³/mol. The van der Waals surface area contributed by atoms with Gasteiger partial charge in [-0.2, -0.15) is 0 Å². The van der Waals surface area contributed by atoms with Crippen LogP contribution in [-0.2, 0) is 11.8 Å². The lowest BCUT2D eigenvalue weighted by Crippen LogP contribution is -2.28. The highest BCUT2D eigenvalue weighted by Gasteiger charge is 2.41. The first-order valence-electron chi connectivity index (χ1n) is 12.9. The molecule has 0 bridgehead atoms. The van der Waals surface area contributed by atoms with Gasteiger partial charge in [-0.15, -0.1) is 0 Å². The number of carbonyl (C=O) groups excluding carboxylic acids is 2. The molecule has 8 nitrogen and oxygen atoms in total. The van der Waals surface area contributed by atoms with Crippen LogP contribution in [0.1, 0.15) is 30.1 Å². The van der Waals surface area contributed by atoms with Crippen LogP contribution in [0.4, 0.5) is 11.5 Å². The maximum absolute atomic E-state index is 13.2. The molecule has 8 heteroatoms. The number of hydrogen-bond acceptors (Lipinski definition) is 5. The first-order valence-corrected chi connectivity index (χ1v) is 12.9. The van der Waals surface area contributed by atoms with E-state index in [4.69, 9.17) is 5.73 Å². The number of nitrogen functional groups attached to an aromatic ring is 1. The van der Waals surface area contributed by atoms with E-state index < -0.39 is 0 Å². The second-order valence-corrected chi connectivity index (χ2v) is 10.4. The molecule has 1 saturated carbocycles. The molecule has 2 aliphatic rings. The van der Waals surface area contributed by atoms with Crippen molar-refractivity contribution in [1.29, 1.82) is 0 Å². The van der Waals surface area contributed by atoms with Crippen molar-refractivity contribution in [3.8, 4) is 22.4 Å².